The van der Waals surface area contributed by atoms with E-state index in [0.29, 0.717) is 33.8 Å². The van der Waals surface area contributed by atoms with Crippen LogP contribution >= 0.6 is 23.1 Å². The lowest BCUT2D eigenvalue weighted by molar-refractivity contribution is -0.113. The van der Waals surface area contributed by atoms with E-state index in [-0.39, 0.29) is 17.5 Å². The van der Waals surface area contributed by atoms with E-state index in [2.05, 4.69) is 21.6 Å². The summed E-state index contributed by atoms with van der Waals surface area (Å²) in [6, 6.07) is 8.14. The van der Waals surface area contributed by atoms with Crippen molar-refractivity contribution in [3.63, 3.8) is 0 Å². The van der Waals surface area contributed by atoms with E-state index in [0.717, 1.165) is 31.2 Å². The number of thioether (sulfide) groups is 1. The molecule has 1 unspecified atom stereocenters. The number of hydrogen-bond acceptors (Lipinski definition) is 7. The summed E-state index contributed by atoms with van der Waals surface area (Å²) in [5.41, 5.74) is 1.74. The van der Waals surface area contributed by atoms with Crippen LogP contribution in [-0.4, -0.2) is 26.4 Å². The molecule has 1 atom stereocenters. The van der Waals surface area contributed by atoms with E-state index >= 15 is 0 Å². The molecule has 7 nitrogen and oxygen atoms in total. The van der Waals surface area contributed by atoms with Gasteiger partial charge in [0, 0.05) is 11.4 Å². The molecule has 1 aliphatic carbocycles. The number of halogens is 1. The highest BCUT2D eigenvalue weighted by atomic mass is 32.2. The van der Waals surface area contributed by atoms with Gasteiger partial charge in [-0.05, 0) is 69.4 Å². The van der Waals surface area contributed by atoms with Crippen molar-refractivity contribution in [1.29, 1.82) is 5.26 Å². The van der Waals surface area contributed by atoms with E-state index < -0.39 is 6.10 Å². The third kappa shape index (κ3) is 6.03. The molecule has 1 N–H and O–H groups in total. The summed E-state index contributed by atoms with van der Waals surface area (Å²) in [5.74, 6) is 0.817. The van der Waals surface area contributed by atoms with Gasteiger partial charge in [0.05, 0.1) is 11.3 Å². The van der Waals surface area contributed by atoms with Gasteiger partial charge >= 0.3 is 0 Å². The lowest BCUT2D eigenvalue weighted by Crippen LogP contribution is -2.15. The average Bonchev–Trinajstić information content (AvgIpc) is 3.39. The Bertz CT molecular complexity index is 1220. The zero-order chi connectivity index (χ0) is 24.8. The number of benzene rings is 1. The Balaban J connectivity index is 1.40. The van der Waals surface area contributed by atoms with Crippen LogP contribution in [0.3, 0.4) is 0 Å². The number of aryl methyl sites for hydroxylation is 1. The largest absolute Gasteiger partial charge is 0.483 e. The van der Waals surface area contributed by atoms with Crippen molar-refractivity contribution in [2.24, 2.45) is 0 Å². The summed E-state index contributed by atoms with van der Waals surface area (Å²) in [6.45, 7) is 4.44. The standard InChI is InChI=1S/C25H28FN5O2S2/c1-3-31-23(16(2)33-18-12-10-17(26)11-13-18)29-30-25(31)34-15-22(32)28-24-20(14-27)19-8-6-4-5-7-9-21(19)35-24/h10-13,16H,3-9,15H2,1-2H3,(H,28,32). The molecule has 184 valence electrons. The van der Waals surface area contributed by atoms with E-state index in [9.17, 15) is 14.4 Å². The maximum Gasteiger partial charge on any atom is 0.235 e. The monoisotopic (exact) mass is 513 g/mol. The van der Waals surface area contributed by atoms with E-state index in [1.165, 1.54) is 53.0 Å². The number of carbonyl (C=O) groups excluding carboxylic acids is 1. The second-order valence-electron chi connectivity index (χ2n) is 8.37. The molecule has 0 fully saturated rings. The second-order valence-corrected chi connectivity index (χ2v) is 10.4. The first-order valence-electron chi connectivity index (χ1n) is 11.8. The lowest BCUT2D eigenvalue weighted by Gasteiger charge is -2.15. The second kappa shape index (κ2) is 11.7. The number of nitriles is 1. The maximum atomic E-state index is 13.2. The molecule has 4 rings (SSSR count). The SMILES string of the molecule is CCn1c(SCC(=O)Nc2sc3c(c2C#N)CCCCCC3)nnc1C(C)Oc1ccc(F)cc1. The first kappa shape index (κ1) is 25.2. The van der Waals surface area contributed by atoms with Crippen molar-refractivity contribution < 1.29 is 13.9 Å². The minimum absolute atomic E-state index is 0.152. The van der Waals surface area contributed by atoms with Gasteiger partial charge in [0.1, 0.15) is 22.6 Å². The Morgan fingerprint density at radius 2 is 2.00 bits per heavy atom. The zero-order valence-corrected chi connectivity index (χ0v) is 21.5. The smallest absolute Gasteiger partial charge is 0.235 e. The summed E-state index contributed by atoms with van der Waals surface area (Å²) in [7, 11) is 0. The van der Waals surface area contributed by atoms with E-state index in [4.69, 9.17) is 4.74 Å². The third-order valence-electron chi connectivity index (χ3n) is 5.92. The number of nitrogens with zero attached hydrogens (tertiary/aromatic N) is 4. The van der Waals surface area contributed by atoms with Crippen molar-refractivity contribution in [3.05, 3.63) is 51.9 Å². The van der Waals surface area contributed by atoms with Gasteiger partial charge in [-0.2, -0.15) is 5.26 Å². The first-order chi connectivity index (χ1) is 17.0. The molecule has 1 aromatic carbocycles. The zero-order valence-electron chi connectivity index (χ0n) is 19.8. The van der Waals surface area contributed by atoms with Crippen LogP contribution in [0, 0.1) is 17.1 Å². The number of ether oxygens (including phenoxy) is 1. The Labute approximate surface area is 212 Å². The Kier molecular flexibility index (Phi) is 8.42. The molecular weight excluding hydrogens is 485 g/mol. The number of carbonyl (C=O) groups is 1. The minimum Gasteiger partial charge on any atom is -0.483 e. The summed E-state index contributed by atoms with van der Waals surface area (Å²) < 4.78 is 21.0. The Hall–Kier alpha value is -2.90. The van der Waals surface area contributed by atoms with Gasteiger partial charge in [-0.3, -0.25) is 4.79 Å². The van der Waals surface area contributed by atoms with Gasteiger partial charge < -0.3 is 14.6 Å². The van der Waals surface area contributed by atoms with Crippen molar-refractivity contribution >= 4 is 34.0 Å². The summed E-state index contributed by atoms with van der Waals surface area (Å²) >= 11 is 2.83. The molecule has 10 heteroatoms. The van der Waals surface area contributed by atoms with Crippen LogP contribution in [-0.2, 0) is 24.2 Å². The first-order valence-corrected chi connectivity index (χ1v) is 13.6. The van der Waals surface area contributed by atoms with Crippen molar-refractivity contribution in [2.75, 3.05) is 11.1 Å². The molecule has 1 aliphatic rings. The summed E-state index contributed by atoms with van der Waals surface area (Å²) in [6.07, 6.45) is 6.08. The highest BCUT2D eigenvalue weighted by Crippen LogP contribution is 2.36. The predicted octanol–water partition coefficient (Wildman–Crippen LogP) is 5.90. The quantitative estimate of drug-likeness (QED) is 0.377. The molecule has 0 aliphatic heterocycles. The van der Waals surface area contributed by atoms with Crippen LogP contribution in [0.5, 0.6) is 5.75 Å². The summed E-state index contributed by atoms with van der Waals surface area (Å²) in [5, 5.41) is 22.5. The molecule has 0 saturated carbocycles. The fourth-order valence-electron chi connectivity index (χ4n) is 4.19. The fraction of sp³-hybridized carbons (Fsp3) is 0.440. The van der Waals surface area contributed by atoms with E-state index in [1.54, 1.807) is 12.1 Å². The molecule has 2 aromatic heterocycles. The normalized spacial score (nSPS) is 14.3. The number of amides is 1. The molecule has 0 saturated heterocycles. The molecule has 0 radical (unpaired) electrons. The van der Waals surface area contributed by atoms with Crippen molar-refractivity contribution in [2.45, 2.75) is 70.2 Å². The number of anilines is 1. The number of rotatable bonds is 8. The van der Waals surface area contributed by atoms with Crippen LogP contribution in [0.25, 0.3) is 0 Å². The topological polar surface area (TPSA) is 92.8 Å². The highest BCUT2D eigenvalue weighted by Gasteiger charge is 2.22. The maximum absolute atomic E-state index is 13.2. The number of thiophene rings is 1. The molecule has 2 heterocycles. The Morgan fingerprint density at radius 1 is 1.26 bits per heavy atom. The predicted molar refractivity (Wildman–Crippen MR) is 135 cm³/mol. The van der Waals surface area contributed by atoms with Gasteiger partial charge in [0.15, 0.2) is 17.1 Å². The minimum atomic E-state index is -0.403. The summed E-state index contributed by atoms with van der Waals surface area (Å²) in [4.78, 5) is 14.0. The van der Waals surface area contributed by atoms with Crippen LogP contribution < -0.4 is 10.1 Å². The van der Waals surface area contributed by atoms with Gasteiger partial charge in [0.25, 0.3) is 0 Å². The van der Waals surface area contributed by atoms with Crippen molar-refractivity contribution in [3.8, 4) is 11.8 Å². The Morgan fingerprint density at radius 3 is 2.71 bits per heavy atom. The van der Waals surface area contributed by atoms with Gasteiger partial charge in [-0.25, -0.2) is 4.39 Å². The van der Waals surface area contributed by atoms with Gasteiger partial charge in [0.2, 0.25) is 5.91 Å². The lowest BCUT2D eigenvalue weighted by atomic mass is 9.97. The molecule has 0 spiro atoms. The van der Waals surface area contributed by atoms with Crippen LogP contribution in [0.1, 0.15) is 67.5 Å². The average molecular weight is 514 g/mol. The number of nitrogens with one attached hydrogen (secondary N) is 1. The van der Waals surface area contributed by atoms with Crippen LogP contribution in [0.15, 0.2) is 29.4 Å². The van der Waals surface area contributed by atoms with Crippen LogP contribution in [0.4, 0.5) is 9.39 Å². The van der Waals surface area contributed by atoms with Crippen LogP contribution in [0.2, 0.25) is 0 Å². The number of hydrogen-bond donors (Lipinski definition) is 1. The van der Waals surface area contributed by atoms with E-state index in [1.807, 2.05) is 18.4 Å². The fourth-order valence-corrected chi connectivity index (χ4v) is 6.26. The number of fused-ring (bicyclic) bond motifs is 1. The highest BCUT2D eigenvalue weighted by molar-refractivity contribution is 7.99. The molecule has 1 amide bonds. The number of aromatic nitrogens is 3. The van der Waals surface area contributed by atoms with Gasteiger partial charge in [-0.1, -0.05) is 24.6 Å². The molecule has 3 aromatic rings. The molecule has 0 bridgehead atoms. The van der Waals surface area contributed by atoms with Crippen molar-refractivity contribution in [1.82, 2.24) is 14.8 Å². The van der Waals surface area contributed by atoms with Gasteiger partial charge in [-0.15, -0.1) is 21.5 Å². The molecular formula is C25H28FN5O2S2. The third-order valence-corrected chi connectivity index (χ3v) is 8.09. The molecule has 35 heavy (non-hydrogen) atoms.